The Morgan fingerprint density at radius 1 is 1.25 bits per heavy atom. The molecule has 32 heavy (non-hydrogen) atoms. The van der Waals surface area contributed by atoms with Crippen molar-refractivity contribution in [3.05, 3.63) is 64.5 Å². The smallest absolute Gasteiger partial charge is 0.255 e. The SMILES string of the molecule is COc1cc(C(CC=C(C)C)SC(=O)c2ccco2)c(OC)c2c(N=O)ccc(NO)c12. The van der Waals surface area contributed by atoms with E-state index in [0.717, 1.165) is 17.3 Å². The van der Waals surface area contributed by atoms with Gasteiger partial charge in [0.15, 0.2) is 5.76 Å². The van der Waals surface area contributed by atoms with Gasteiger partial charge in [-0.25, -0.2) is 0 Å². The van der Waals surface area contributed by atoms with E-state index in [4.69, 9.17) is 13.9 Å². The first-order valence-corrected chi connectivity index (χ1v) is 10.7. The number of thioether (sulfide) groups is 1. The van der Waals surface area contributed by atoms with Gasteiger partial charge in [0.25, 0.3) is 5.12 Å². The number of furan rings is 1. The van der Waals surface area contributed by atoms with Gasteiger partial charge in [0.1, 0.15) is 17.2 Å². The molecule has 1 heterocycles. The fourth-order valence-electron chi connectivity index (χ4n) is 3.45. The summed E-state index contributed by atoms with van der Waals surface area (Å²) in [7, 11) is 2.97. The molecular formula is C23H24N2O6S. The van der Waals surface area contributed by atoms with E-state index in [2.05, 4.69) is 10.7 Å². The van der Waals surface area contributed by atoms with Crippen LogP contribution in [0.25, 0.3) is 10.8 Å². The molecule has 0 aliphatic heterocycles. The van der Waals surface area contributed by atoms with E-state index in [-0.39, 0.29) is 21.8 Å². The molecule has 0 aliphatic carbocycles. The molecule has 0 amide bonds. The molecule has 0 fully saturated rings. The number of rotatable bonds is 9. The molecule has 0 aliphatic rings. The molecule has 1 atom stereocenters. The van der Waals surface area contributed by atoms with Gasteiger partial charge in [-0.05, 0) is 55.8 Å². The van der Waals surface area contributed by atoms with Gasteiger partial charge in [0, 0.05) is 10.8 Å². The lowest BCUT2D eigenvalue weighted by Crippen LogP contribution is -2.05. The number of nitrogens with zero attached hydrogens (tertiary/aromatic N) is 1. The number of hydrogen-bond acceptors (Lipinski definition) is 9. The topological polar surface area (TPSA) is 110 Å². The van der Waals surface area contributed by atoms with Crippen molar-refractivity contribution >= 4 is 39.0 Å². The van der Waals surface area contributed by atoms with Gasteiger partial charge in [0.2, 0.25) is 0 Å². The van der Waals surface area contributed by atoms with Crippen LogP contribution in [0.3, 0.4) is 0 Å². The Morgan fingerprint density at radius 3 is 2.59 bits per heavy atom. The number of fused-ring (bicyclic) bond motifs is 1. The molecule has 0 spiro atoms. The molecule has 168 valence electrons. The summed E-state index contributed by atoms with van der Waals surface area (Å²) in [6.07, 6.45) is 3.99. The van der Waals surface area contributed by atoms with E-state index < -0.39 is 0 Å². The number of anilines is 1. The molecule has 9 heteroatoms. The third-order valence-electron chi connectivity index (χ3n) is 4.91. The quantitative estimate of drug-likeness (QED) is 0.210. The predicted molar refractivity (Wildman–Crippen MR) is 125 cm³/mol. The number of nitroso groups, excluding NO2 is 1. The lowest BCUT2D eigenvalue weighted by Gasteiger charge is -2.22. The van der Waals surface area contributed by atoms with Crippen molar-refractivity contribution in [1.82, 2.24) is 0 Å². The minimum Gasteiger partial charge on any atom is -0.496 e. The molecule has 0 saturated heterocycles. The highest BCUT2D eigenvalue weighted by atomic mass is 32.2. The van der Waals surface area contributed by atoms with Crippen molar-refractivity contribution in [1.29, 1.82) is 0 Å². The Morgan fingerprint density at radius 2 is 2.03 bits per heavy atom. The zero-order valence-electron chi connectivity index (χ0n) is 18.2. The van der Waals surface area contributed by atoms with Crippen molar-refractivity contribution < 1.29 is 23.9 Å². The van der Waals surface area contributed by atoms with E-state index >= 15 is 0 Å². The van der Waals surface area contributed by atoms with Crippen LogP contribution < -0.4 is 15.0 Å². The number of nitrogens with one attached hydrogen (secondary N) is 1. The first-order valence-electron chi connectivity index (χ1n) is 9.78. The molecule has 2 aromatic carbocycles. The number of methoxy groups -OCH3 is 2. The average Bonchev–Trinajstić information content (AvgIpc) is 3.34. The van der Waals surface area contributed by atoms with Crippen LogP contribution in [-0.4, -0.2) is 24.5 Å². The number of allylic oxidation sites excluding steroid dienone is 2. The minimum atomic E-state index is -0.374. The summed E-state index contributed by atoms with van der Waals surface area (Å²) < 4.78 is 16.6. The van der Waals surface area contributed by atoms with Crippen LogP contribution in [0, 0.1) is 4.91 Å². The van der Waals surface area contributed by atoms with Crippen LogP contribution in [0.1, 0.15) is 41.6 Å². The molecule has 2 N–H and O–H groups in total. The van der Waals surface area contributed by atoms with Gasteiger partial charge < -0.3 is 13.9 Å². The summed E-state index contributed by atoms with van der Waals surface area (Å²) in [5, 5.41) is 13.0. The standard InChI is InChI=1S/C23H24N2O6S/c1-13(2)7-10-19(32-23(26)17-6-5-11-31-17)14-12-18(29-3)20-15(24-27)8-9-16(25-28)21(20)22(14)30-4/h5-9,11-12,19,24,27H,10H2,1-4H3. The fourth-order valence-corrected chi connectivity index (χ4v) is 4.44. The maximum absolute atomic E-state index is 12.8. The van der Waals surface area contributed by atoms with Gasteiger partial charge in [-0.3, -0.25) is 15.5 Å². The lowest BCUT2D eigenvalue weighted by molar-refractivity contribution is 0.106. The Labute approximate surface area is 189 Å². The molecule has 0 radical (unpaired) electrons. The second-order valence-corrected chi connectivity index (χ2v) is 8.35. The highest BCUT2D eigenvalue weighted by Gasteiger charge is 2.27. The molecule has 0 saturated carbocycles. The van der Waals surface area contributed by atoms with E-state index in [1.165, 1.54) is 32.6 Å². The average molecular weight is 457 g/mol. The predicted octanol–water partition coefficient (Wildman–Crippen LogP) is 6.62. The highest BCUT2D eigenvalue weighted by molar-refractivity contribution is 8.14. The molecular weight excluding hydrogens is 432 g/mol. The van der Waals surface area contributed by atoms with Crippen LogP contribution in [-0.2, 0) is 0 Å². The number of ether oxygens (including phenoxy) is 2. The second-order valence-electron chi connectivity index (χ2n) is 7.18. The number of carbonyl (C=O) groups is 1. The number of benzene rings is 2. The van der Waals surface area contributed by atoms with E-state index in [1.54, 1.807) is 18.2 Å². The molecule has 3 aromatic rings. The van der Waals surface area contributed by atoms with E-state index in [0.29, 0.717) is 39.9 Å². The maximum atomic E-state index is 12.8. The van der Waals surface area contributed by atoms with Crippen molar-refractivity contribution in [3.63, 3.8) is 0 Å². The summed E-state index contributed by atoms with van der Waals surface area (Å²) >= 11 is 1.09. The monoisotopic (exact) mass is 456 g/mol. The molecule has 0 bridgehead atoms. The van der Waals surface area contributed by atoms with Crippen LogP contribution in [0.15, 0.2) is 57.8 Å². The van der Waals surface area contributed by atoms with Crippen LogP contribution >= 0.6 is 11.8 Å². The largest absolute Gasteiger partial charge is 0.496 e. The Kier molecular flexibility index (Phi) is 7.55. The number of hydrogen-bond donors (Lipinski definition) is 2. The highest BCUT2D eigenvalue weighted by Crippen LogP contribution is 2.50. The third-order valence-corrected chi connectivity index (χ3v) is 6.05. The minimum absolute atomic E-state index is 0.124. The summed E-state index contributed by atoms with van der Waals surface area (Å²) in [4.78, 5) is 24.4. The second kappa shape index (κ2) is 10.3. The lowest BCUT2D eigenvalue weighted by atomic mass is 9.97. The van der Waals surface area contributed by atoms with Gasteiger partial charge in [0.05, 0.1) is 36.9 Å². The zero-order chi connectivity index (χ0) is 23.3. The van der Waals surface area contributed by atoms with Crippen LogP contribution in [0.5, 0.6) is 11.5 Å². The Balaban J connectivity index is 2.27. The van der Waals surface area contributed by atoms with E-state index in [9.17, 15) is 14.9 Å². The Hall–Kier alpha value is -3.30. The van der Waals surface area contributed by atoms with Crippen molar-refractivity contribution in [2.24, 2.45) is 5.18 Å². The summed E-state index contributed by atoms with van der Waals surface area (Å²) in [5.74, 6) is 1.01. The van der Waals surface area contributed by atoms with Crippen molar-refractivity contribution in [2.45, 2.75) is 25.5 Å². The van der Waals surface area contributed by atoms with Crippen LogP contribution in [0.4, 0.5) is 11.4 Å². The van der Waals surface area contributed by atoms with Crippen LogP contribution in [0.2, 0.25) is 0 Å². The fraction of sp³-hybridized carbons (Fsp3) is 0.261. The number of carbonyl (C=O) groups excluding carboxylic acids is 1. The molecule has 1 unspecified atom stereocenters. The first kappa shape index (κ1) is 23.4. The zero-order valence-corrected chi connectivity index (χ0v) is 19.0. The third kappa shape index (κ3) is 4.63. The van der Waals surface area contributed by atoms with Crippen molar-refractivity contribution in [3.8, 4) is 11.5 Å². The first-order chi connectivity index (χ1) is 15.4. The summed E-state index contributed by atoms with van der Waals surface area (Å²) in [6.45, 7) is 3.95. The van der Waals surface area contributed by atoms with Gasteiger partial charge >= 0.3 is 0 Å². The molecule has 8 nitrogen and oxygen atoms in total. The summed E-state index contributed by atoms with van der Waals surface area (Å²) in [6, 6.07) is 8.02. The van der Waals surface area contributed by atoms with E-state index in [1.807, 2.05) is 19.9 Å². The van der Waals surface area contributed by atoms with Gasteiger partial charge in [-0.1, -0.05) is 23.4 Å². The summed E-state index contributed by atoms with van der Waals surface area (Å²) in [5.41, 5.74) is 4.32. The van der Waals surface area contributed by atoms with Crippen molar-refractivity contribution in [2.75, 3.05) is 19.7 Å². The van der Waals surface area contributed by atoms with Gasteiger partial charge in [-0.15, -0.1) is 4.91 Å². The normalized spacial score (nSPS) is 11.7. The molecule has 3 rings (SSSR count). The molecule has 1 aromatic heterocycles. The maximum Gasteiger partial charge on any atom is 0.255 e. The Bertz CT molecular complexity index is 1150. The van der Waals surface area contributed by atoms with Gasteiger partial charge in [-0.2, -0.15) is 0 Å².